The Hall–Kier alpha value is 1.68. The van der Waals surface area contributed by atoms with Gasteiger partial charge in [-0.05, 0) is 0 Å². The van der Waals surface area contributed by atoms with Crippen molar-refractivity contribution in [3.05, 3.63) is 0 Å². The van der Waals surface area contributed by atoms with Gasteiger partial charge in [-0.15, -0.1) is 0 Å². The van der Waals surface area contributed by atoms with Crippen molar-refractivity contribution in [2.45, 2.75) is 0 Å². The van der Waals surface area contributed by atoms with Crippen LogP contribution in [0.1, 0.15) is 0 Å². The summed E-state index contributed by atoms with van der Waals surface area (Å²) in [5, 5.41) is 0. The van der Waals surface area contributed by atoms with Gasteiger partial charge in [0.1, 0.15) is 0 Å². The van der Waals surface area contributed by atoms with Crippen molar-refractivity contribution in [2.75, 3.05) is 0 Å². The van der Waals surface area contributed by atoms with Crippen LogP contribution in [-0.2, 0) is 0 Å². The molecule has 0 unspecified atom stereocenters. The van der Waals surface area contributed by atoms with Crippen molar-refractivity contribution >= 4 is 42.2 Å². The fourth-order valence-corrected chi connectivity index (χ4v) is 0.128. The van der Waals surface area contributed by atoms with E-state index in [9.17, 15) is 0 Å². The first-order valence-corrected chi connectivity index (χ1v) is 1.67. The van der Waals surface area contributed by atoms with Crippen LogP contribution < -0.4 is 0 Å². The van der Waals surface area contributed by atoms with Crippen LogP contribution in [0.5, 0.6) is 0 Å². The van der Waals surface area contributed by atoms with Gasteiger partial charge in [0.15, 0.2) is 0 Å². The maximum absolute atomic E-state index is 4.93. The standard InChI is InChI=1S/B6.Tb/c1-3-5-6-4-2;. The van der Waals surface area contributed by atoms with E-state index in [0.717, 1.165) is 0 Å². The topological polar surface area (TPSA) is 0 Å². The van der Waals surface area contributed by atoms with Gasteiger partial charge in [0, 0.05) is 38.6 Å². The Morgan fingerprint density at radius 3 is 1.29 bits per heavy atom. The molecule has 0 nitrogen and oxygen atoms in total. The number of hydrogen-bond donors (Lipinski definition) is 0. The fourth-order valence-electron chi connectivity index (χ4n) is 0.128. The summed E-state index contributed by atoms with van der Waals surface area (Å²) >= 11 is 0. The van der Waals surface area contributed by atoms with E-state index in [4.69, 9.17) is 14.7 Å². The second kappa shape index (κ2) is 10.6. The normalized spacial score (nSPS) is 3.71. The Bertz CT molecular complexity index is 40.1. The van der Waals surface area contributed by atoms with Crippen LogP contribution in [0.2, 0.25) is 0 Å². The molecule has 0 atom stereocenters. The van der Waals surface area contributed by atoms with E-state index >= 15 is 0 Å². The Morgan fingerprint density at radius 2 is 1.14 bits per heavy atom. The van der Waals surface area contributed by atoms with Crippen LogP contribution in [0.4, 0.5) is 0 Å². The molecule has 7 heavy (non-hydrogen) atoms. The molecule has 0 fully saturated rings. The average molecular weight is 224 g/mol. The van der Waals surface area contributed by atoms with Gasteiger partial charge in [-0.25, -0.2) is 0 Å². The van der Waals surface area contributed by atoms with Gasteiger partial charge in [0.25, 0.3) is 0 Å². The Kier molecular flexibility index (Phi) is 17.4. The Morgan fingerprint density at radius 1 is 0.857 bits per heavy atom. The van der Waals surface area contributed by atoms with Crippen molar-refractivity contribution in [3.63, 3.8) is 0 Å². The first-order valence-electron chi connectivity index (χ1n) is 1.67. The van der Waals surface area contributed by atoms with Crippen LogP contribution in [-0.4, -0.2) is 42.2 Å². The van der Waals surface area contributed by atoms with E-state index in [2.05, 4.69) is 0 Å². The van der Waals surface area contributed by atoms with Gasteiger partial charge in [-0.1, -0.05) is 0 Å². The summed E-state index contributed by atoms with van der Waals surface area (Å²) in [4.78, 5) is 0. The minimum Gasteiger partial charge on any atom is 0 e. The Balaban J connectivity index is 0. The maximum atomic E-state index is 4.93. The average Bonchev–Trinajstić information content (AvgIpc) is 1.61. The van der Waals surface area contributed by atoms with Crippen molar-refractivity contribution in [2.24, 2.45) is 0 Å². The zero-order chi connectivity index (χ0) is 4.83. The molecule has 0 aliphatic rings. The summed E-state index contributed by atoms with van der Waals surface area (Å²) < 4.78 is 0. The Labute approximate surface area is 80.0 Å². The molecule has 0 saturated carbocycles. The van der Waals surface area contributed by atoms with E-state index in [1.54, 1.807) is 14.1 Å². The van der Waals surface area contributed by atoms with Crippen LogP contribution in [0.25, 0.3) is 0 Å². The zero-order valence-corrected chi connectivity index (χ0v) is 5.94. The molecule has 0 saturated heterocycles. The minimum absolute atomic E-state index is 0. The molecule has 7 heteroatoms. The van der Waals surface area contributed by atoms with Crippen LogP contribution in [0.3, 0.4) is 0 Å². The third kappa shape index (κ3) is 11.3. The SMILES string of the molecule is [B]=B[B][B]B=[B].[Tb]. The predicted molar refractivity (Wildman–Crippen MR) is 34.5 cm³/mol. The van der Waals surface area contributed by atoms with Crippen molar-refractivity contribution in [1.29, 1.82) is 0 Å². The van der Waals surface area contributed by atoms with E-state index < -0.39 is 0 Å². The summed E-state index contributed by atoms with van der Waals surface area (Å²) in [6.45, 7) is 2.84. The molecule has 0 aromatic heterocycles. The second-order valence-electron chi connectivity index (χ2n) is 0.770. The molecular formula is B6Tb. The minimum atomic E-state index is 0. The molecule has 0 rings (SSSR count). The van der Waals surface area contributed by atoms with E-state index in [1.807, 2.05) is 0 Å². The molecule has 0 amide bonds. The molecule has 27 valence electrons. The van der Waals surface area contributed by atoms with Gasteiger partial charge >= 0.3 is 42.2 Å². The van der Waals surface area contributed by atoms with Crippen LogP contribution >= 0.6 is 0 Å². The summed E-state index contributed by atoms with van der Waals surface area (Å²) in [5.41, 5.74) is 0. The van der Waals surface area contributed by atoms with E-state index in [1.165, 1.54) is 13.4 Å². The van der Waals surface area contributed by atoms with Gasteiger partial charge in [0.2, 0.25) is 0 Å². The van der Waals surface area contributed by atoms with Crippen molar-refractivity contribution in [1.82, 2.24) is 0 Å². The summed E-state index contributed by atoms with van der Waals surface area (Å²) in [7, 11) is 13.2. The fraction of sp³-hybridized carbons (Fsp3) is 0. The second-order valence-corrected chi connectivity index (χ2v) is 0.770. The molecule has 0 spiro atoms. The molecule has 0 N–H and O–H groups in total. The van der Waals surface area contributed by atoms with Crippen LogP contribution in [0.15, 0.2) is 0 Å². The predicted octanol–water partition coefficient (Wildman–Crippen LogP) is -2.28. The van der Waals surface area contributed by atoms with Gasteiger partial charge in [-0.2, -0.15) is 0 Å². The monoisotopic (exact) mass is 225 g/mol. The third-order valence-corrected chi connectivity index (χ3v) is 0.333. The quantitative estimate of drug-likeness (QED) is 0.374. The van der Waals surface area contributed by atoms with Gasteiger partial charge in [0.05, 0.1) is 0 Å². The largest absolute Gasteiger partial charge is 0 e. The molecule has 0 aliphatic carbocycles. The van der Waals surface area contributed by atoms with Crippen LogP contribution in [0, 0.1) is 38.6 Å². The summed E-state index contributed by atoms with van der Waals surface area (Å²) in [6, 6.07) is 0. The molecule has 0 aromatic carbocycles. The molecule has 0 aromatic rings. The molecular weight excluding hydrogens is 224 g/mol. The molecule has 0 bridgehead atoms. The zero-order valence-electron chi connectivity index (χ0n) is 3.80. The first-order chi connectivity index (χ1) is 2.91. The van der Waals surface area contributed by atoms with Gasteiger partial charge in [-0.3, -0.25) is 0 Å². The molecule has 5 radical (unpaired) electrons. The van der Waals surface area contributed by atoms with Crippen molar-refractivity contribution < 1.29 is 38.6 Å². The summed E-state index contributed by atoms with van der Waals surface area (Å²) in [6.07, 6.45) is 0. The first kappa shape index (κ1) is 11.5. The third-order valence-electron chi connectivity index (χ3n) is 0.333. The number of hydrogen-bond acceptors (Lipinski definition) is 0. The maximum Gasteiger partial charge on any atom is 0 e. The number of rotatable bonds is 3. The molecule has 0 heterocycles. The molecule has 0 aliphatic heterocycles. The van der Waals surface area contributed by atoms with Gasteiger partial charge < -0.3 is 0 Å². The summed E-state index contributed by atoms with van der Waals surface area (Å²) in [5.74, 6) is 0. The van der Waals surface area contributed by atoms with Crippen molar-refractivity contribution in [3.8, 4) is 0 Å². The van der Waals surface area contributed by atoms with E-state index in [-0.39, 0.29) is 38.6 Å². The van der Waals surface area contributed by atoms with E-state index in [0.29, 0.717) is 0 Å². The smallest absolute Gasteiger partial charge is 0 e.